The molecule has 0 heterocycles. The lowest BCUT2D eigenvalue weighted by molar-refractivity contribution is 0.406. The number of nitrogens with two attached hydrogens (primary N) is 1. The molecule has 0 saturated heterocycles. The Balaban J connectivity index is 2.87. The van der Waals surface area contributed by atoms with Crippen molar-refractivity contribution < 1.29 is 4.74 Å². The molecule has 102 valence electrons. The fourth-order valence-electron chi connectivity index (χ4n) is 2.05. The first-order valence-electron chi connectivity index (χ1n) is 6.51. The minimum Gasteiger partial charge on any atom is -0.496 e. The van der Waals surface area contributed by atoms with Crippen molar-refractivity contribution in [2.24, 2.45) is 5.73 Å². The van der Waals surface area contributed by atoms with Crippen molar-refractivity contribution in [3.63, 3.8) is 0 Å². The molecule has 0 radical (unpaired) electrons. The Hall–Kier alpha value is -0.670. The van der Waals surface area contributed by atoms with E-state index < -0.39 is 0 Å². The normalized spacial score (nSPS) is 14.3. The first-order valence-corrected chi connectivity index (χ1v) is 7.56. The molecule has 0 spiro atoms. The minimum atomic E-state index is 0.0412. The van der Waals surface area contributed by atoms with Gasteiger partial charge in [-0.25, -0.2) is 0 Å². The van der Waals surface area contributed by atoms with Crippen LogP contribution in [-0.2, 0) is 0 Å². The van der Waals surface area contributed by atoms with E-state index in [2.05, 4.69) is 39.8 Å². The van der Waals surface area contributed by atoms with Crippen LogP contribution < -0.4 is 10.5 Å². The third-order valence-electron chi connectivity index (χ3n) is 3.22. The summed E-state index contributed by atoms with van der Waals surface area (Å²) >= 11 is 1.93. The molecule has 0 aliphatic heterocycles. The monoisotopic (exact) mass is 267 g/mol. The van der Waals surface area contributed by atoms with E-state index in [9.17, 15) is 0 Å². The lowest BCUT2D eigenvalue weighted by atomic mass is 9.99. The molecule has 1 rings (SSSR count). The van der Waals surface area contributed by atoms with Gasteiger partial charge in [0.2, 0.25) is 0 Å². The highest BCUT2D eigenvalue weighted by molar-refractivity contribution is 7.99. The van der Waals surface area contributed by atoms with E-state index in [0.29, 0.717) is 5.25 Å². The summed E-state index contributed by atoms with van der Waals surface area (Å²) < 4.78 is 5.47. The van der Waals surface area contributed by atoms with Gasteiger partial charge in [-0.1, -0.05) is 19.9 Å². The van der Waals surface area contributed by atoms with Crippen LogP contribution in [0.5, 0.6) is 5.75 Å². The maximum atomic E-state index is 6.32. The molecule has 0 aromatic heterocycles. The fraction of sp³-hybridized carbons (Fsp3) is 0.600. The zero-order chi connectivity index (χ0) is 13.7. The molecule has 0 bridgehead atoms. The standard InChI is InChI=1S/C15H25NOS/c1-6-12(4)18-9-13(16)15-11(3)7-10(2)8-14(15)17-5/h7-8,12-13H,6,9,16H2,1-5H3. The molecule has 0 aliphatic carbocycles. The Morgan fingerprint density at radius 3 is 2.56 bits per heavy atom. The molecular weight excluding hydrogens is 242 g/mol. The van der Waals surface area contributed by atoms with Gasteiger partial charge in [0.05, 0.1) is 7.11 Å². The Morgan fingerprint density at radius 2 is 2.00 bits per heavy atom. The fourth-order valence-corrected chi connectivity index (χ4v) is 2.99. The van der Waals surface area contributed by atoms with Crippen molar-refractivity contribution >= 4 is 11.8 Å². The van der Waals surface area contributed by atoms with Gasteiger partial charge in [0.15, 0.2) is 0 Å². The summed E-state index contributed by atoms with van der Waals surface area (Å²) in [6.45, 7) is 8.65. The molecule has 0 fully saturated rings. The highest BCUT2D eigenvalue weighted by Crippen LogP contribution is 2.31. The summed E-state index contributed by atoms with van der Waals surface area (Å²) in [5.74, 6) is 1.86. The van der Waals surface area contributed by atoms with Crippen molar-refractivity contribution in [1.82, 2.24) is 0 Å². The lowest BCUT2D eigenvalue weighted by Gasteiger charge is -2.20. The Morgan fingerprint density at radius 1 is 1.33 bits per heavy atom. The van der Waals surface area contributed by atoms with Crippen LogP contribution in [0.3, 0.4) is 0 Å². The number of hydrogen-bond donors (Lipinski definition) is 1. The van der Waals surface area contributed by atoms with Gasteiger partial charge in [0.1, 0.15) is 5.75 Å². The summed E-state index contributed by atoms with van der Waals surface area (Å²) in [5, 5.41) is 0.660. The van der Waals surface area contributed by atoms with Gasteiger partial charge in [-0.3, -0.25) is 0 Å². The molecule has 2 nitrogen and oxygen atoms in total. The highest BCUT2D eigenvalue weighted by atomic mass is 32.2. The van der Waals surface area contributed by atoms with E-state index in [0.717, 1.165) is 17.1 Å². The van der Waals surface area contributed by atoms with Crippen LogP contribution in [0.1, 0.15) is 43.0 Å². The third-order valence-corrected chi connectivity index (χ3v) is 4.67. The molecule has 3 heteroatoms. The number of aryl methyl sites for hydroxylation is 2. The molecule has 1 aromatic rings. The number of thioether (sulfide) groups is 1. The molecule has 2 unspecified atom stereocenters. The Kier molecular flexibility index (Phi) is 6.03. The maximum Gasteiger partial charge on any atom is 0.124 e. The van der Waals surface area contributed by atoms with Crippen LogP contribution in [0.4, 0.5) is 0 Å². The van der Waals surface area contributed by atoms with E-state index in [4.69, 9.17) is 10.5 Å². The van der Waals surface area contributed by atoms with E-state index in [1.165, 1.54) is 17.5 Å². The smallest absolute Gasteiger partial charge is 0.124 e. The molecule has 18 heavy (non-hydrogen) atoms. The molecule has 0 amide bonds. The first-order chi connectivity index (χ1) is 8.49. The number of hydrogen-bond acceptors (Lipinski definition) is 3. The van der Waals surface area contributed by atoms with Crippen LogP contribution in [-0.4, -0.2) is 18.1 Å². The second-order valence-electron chi connectivity index (χ2n) is 4.86. The lowest BCUT2D eigenvalue weighted by Crippen LogP contribution is -2.17. The predicted octanol–water partition coefficient (Wildman–Crippen LogP) is 3.84. The number of benzene rings is 1. The van der Waals surface area contributed by atoms with Gasteiger partial charge < -0.3 is 10.5 Å². The van der Waals surface area contributed by atoms with Crippen LogP contribution in [0.15, 0.2) is 12.1 Å². The largest absolute Gasteiger partial charge is 0.496 e. The van der Waals surface area contributed by atoms with E-state index in [1.807, 2.05) is 11.8 Å². The van der Waals surface area contributed by atoms with Gasteiger partial charge in [0, 0.05) is 22.6 Å². The minimum absolute atomic E-state index is 0.0412. The van der Waals surface area contributed by atoms with Crippen molar-refractivity contribution in [2.45, 2.75) is 45.4 Å². The zero-order valence-electron chi connectivity index (χ0n) is 12.1. The highest BCUT2D eigenvalue weighted by Gasteiger charge is 2.16. The van der Waals surface area contributed by atoms with E-state index in [-0.39, 0.29) is 6.04 Å². The van der Waals surface area contributed by atoms with Crippen molar-refractivity contribution in [2.75, 3.05) is 12.9 Å². The molecule has 1 aromatic carbocycles. The number of rotatable bonds is 6. The average Bonchev–Trinajstić information content (AvgIpc) is 2.34. The second-order valence-corrected chi connectivity index (χ2v) is 6.33. The van der Waals surface area contributed by atoms with Crippen LogP contribution in [0.25, 0.3) is 0 Å². The van der Waals surface area contributed by atoms with Gasteiger partial charge >= 0.3 is 0 Å². The predicted molar refractivity (Wildman–Crippen MR) is 81.6 cm³/mol. The Bertz CT molecular complexity index is 392. The average molecular weight is 267 g/mol. The van der Waals surface area contributed by atoms with Crippen molar-refractivity contribution in [1.29, 1.82) is 0 Å². The second kappa shape index (κ2) is 7.05. The molecular formula is C15H25NOS. The van der Waals surface area contributed by atoms with Crippen molar-refractivity contribution in [3.8, 4) is 5.75 Å². The summed E-state index contributed by atoms with van der Waals surface area (Å²) in [7, 11) is 1.71. The summed E-state index contributed by atoms with van der Waals surface area (Å²) in [6.07, 6.45) is 1.18. The van der Waals surface area contributed by atoms with Crippen molar-refractivity contribution in [3.05, 3.63) is 28.8 Å². The zero-order valence-corrected chi connectivity index (χ0v) is 12.9. The van der Waals surface area contributed by atoms with Gasteiger partial charge in [-0.05, 0) is 37.5 Å². The summed E-state index contributed by atoms with van der Waals surface area (Å²) in [6, 6.07) is 4.28. The Labute approximate surface area is 115 Å². The quantitative estimate of drug-likeness (QED) is 0.850. The first kappa shape index (κ1) is 15.4. The molecule has 0 aliphatic rings. The third kappa shape index (κ3) is 3.92. The van der Waals surface area contributed by atoms with Gasteiger partial charge in [0.25, 0.3) is 0 Å². The summed E-state index contributed by atoms with van der Waals surface area (Å²) in [5.41, 5.74) is 9.92. The molecule has 2 N–H and O–H groups in total. The number of methoxy groups -OCH3 is 1. The number of ether oxygens (including phenoxy) is 1. The van der Waals surface area contributed by atoms with Gasteiger partial charge in [-0.2, -0.15) is 11.8 Å². The van der Waals surface area contributed by atoms with Crippen LogP contribution in [0.2, 0.25) is 0 Å². The van der Waals surface area contributed by atoms with Crippen LogP contribution in [0, 0.1) is 13.8 Å². The molecule has 0 saturated carbocycles. The molecule has 2 atom stereocenters. The van der Waals surface area contributed by atoms with E-state index >= 15 is 0 Å². The SMILES string of the molecule is CCC(C)SCC(N)c1c(C)cc(C)cc1OC. The van der Waals surface area contributed by atoms with E-state index in [1.54, 1.807) is 7.11 Å². The topological polar surface area (TPSA) is 35.2 Å². The van der Waals surface area contributed by atoms with Crippen LogP contribution >= 0.6 is 11.8 Å². The summed E-state index contributed by atoms with van der Waals surface area (Å²) in [4.78, 5) is 0. The maximum absolute atomic E-state index is 6.32. The van der Waals surface area contributed by atoms with Gasteiger partial charge in [-0.15, -0.1) is 0 Å².